The third-order valence-corrected chi connectivity index (χ3v) is 16.5. The number of aliphatic hydroxyl groups excluding tert-OH is 9. The van der Waals surface area contributed by atoms with Gasteiger partial charge >= 0.3 is 0 Å². The van der Waals surface area contributed by atoms with Gasteiger partial charge in [0.25, 0.3) is 0 Å². The van der Waals surface area contributed by atoms with Gasteiger partial charge in [0.05, 0.1) is 99.1 Å². The van der Waals surface area contributed by atoms with Gasteiger partial charge in [-0.1, -0.05) is 20.8 Å². The highest BCUT2D eigenvalue weighted by molar-refractivity contribution is 7.53. The molecule has 544 valence electrons. The van der Waals surface area contributed by atoms with Crippen LogP contribution in [0.15, 0.2) is 0 Å². The Bertz CT molecular complexity index is 2370. The summed E-state index contributed by atoms with van der Waals surface area (Å²) in [6.45, 7) is 3.67. The molecule has 39 heteroatoms. The predicted octanol–water partition coefficient (Wildman–Crippen LogP) is -9.43. The second-order valence-corrected chi connectivity index (χ2v) is 25.5. The first-order valence-electron chi connectivity index (χ1n) is 30.7. The molecule has 3 fully saturated rings. The molecule has 8 amide bonds. The third-order valence-electron chi connectivity index (χ3n) is 14.3. The van der Waals surface area contributed by atoms with E-state index in [4.69, 9.17) is 51.9 Å². The Hall–Kier alpha value is -4.85. The first-order valence-corrected chi connectivity index (χ1v) is 32.2. The van der Waals surface area contributed by atoms with E-state index in [1.807, 2.05) is 0 Å². The molecular weight excluding hydrogens is 1280 g/mol. The van der Waals surface area contributed by atoms with Gasteiger partial charge in [-0.15, -0.1) is 0 Å². The molecule has 0 bridgehead atoms. The van der Waals surface area contributed by atoms with E-state index in [2.05, 4.69) is 42.5 Å². The number of carbonyl (C=O) groups excluding carboxylic acids is 8. The van der Waals surface area contributed by atoms with Crippen LogP contribution in [0.25, 0.3) is 0 Å². The minimum atomic E-state index is -4.24. The molecule has 0 aromatic carbocycles. The lowest BCUT2D eigenvalue weighted by atomic mass is 9.97. The van der Waals surface area contributed by atoms with Crippen LogP contribution in [0.3, 0.4) is 0 Å². The highest BCUT2D eigenvalue weighted by atomic mass is 31.2. The van der Waals surface area contributed by atoms with Gasteiger partial charge in [0.1, 0.15) is 92.7 Å². The molecule has 3 aliphatic heterocycles. The Morgan fingerprint density at radius 3 is 1.11 bits per heavy atom. The lowest BCUT2D eigenvalue weighted by Gasteiger charge is -2.42. The van der Waals surface area contributed by atoms with Gasteiger partial charge in [-0.3, -0.25) is 38.4 Å². The van der Waals surface area contributed by atoms with E-state index in [1.54, 1.807) is 0 Å². The first kappa shape index (κ1) is 83.4. The van der Waals surface area contributed by atoms with Crippen LogP contribution in [0.2, 0.25) is 0 Å². The fraction of sp³-hybridized carbons (Fsp3) is 0.855. The fourth-order valence-corrected chi connectivity index (χ4v) is 9.91. The van der Waals surface area contributed by atoms with E-state index >= 15 is 0 Å². The van der Waals surface area contributed by atoms with Gasteiger partial charge in [-0.25, -0.2) is 0 Å². The number of aliphatic hydroxyl groups is 9. The topological polar surface area (TPSA) is 557 Å². The number of hydrogen-bond donors (Lipinski definition) is 17. The van der Waals surface area contributed by atoms with Crippen LogP contribution in [0.4, 0.5) is 0 Å². The van der Waals surface area contributed by atoms with Crippen molar-refractivity contribution < 1.29 is 146 Å². The average Bonchev–Trinajstić information content (AvgIpc) is 0.838. The monoisotopic (exact) mass is 1380 g/mol. The standard InChI is InChI=1S/C55H99N8O30P/c1-30(67)59-41-47(76)44(73)35(27-64)91-52(41)87-23-19-84-16-12-56-38(70)9-7-33(50(79)57-13-17-85-20-24-88-53-42(60-31(2)68)48(77)45(74)36(28-65)92-53)62-39(71)10-8-34(63-40(72)11-15-83-22-26-90-94(81,82)55(4,5)6)51(80)58-14-18-86-21-25-89-54-43(61-32(3)69)49(78)46(75)37(29-66)93-54/h33-37,41-49,52-54,64-66,73-78H,7-29H2,1-6H3,(H,56,70)(H,57,79)(H,58,80)(H,59,67)(H,60,68)(H,61,69)(H,62,71)(H,63,72)(H,81,82)/p-1. The SMILES string of the molecule is CC(=O)NC1C(OCCOCCNC(=O)CCC(NC(=O)CCC(NC(=O)CCOCCOP(=O)([O-])C(C)(C)C)C(=O)NCCOCCOC2OC(CO)C(O)C(O)C2NC(C)=O)C(=O)NCCOCCOC2OC(CO)C(O)C(O)C2NC(C)=O)OC(CO)C(O)C1O. The van der Waals surface area contributed by atoms with Crippen molar-refractivity contribution in [2.24, 2.45) is 0 Å². The highest BCUT2D eigenvalue weighted by Crippen LogP contribution is 2.50. The molecule has 94 heavy (non-hydrogen) atoms. The number of amides is 8. The maximum Gasteiger partial charge on any atom is 0.242 e. The summed E-state index contributed by atoms with van der Waals surface area (Å²) in [5.41, 5.74) is 0. The minimum absolute atomic E-state index is 0.0410. The number of nitrogens with one attached hydrogen (secondary N) is 8. The number of carbonyl (C=O) groups is 8. The number of ether oxygens (including phenoxy) is 10. The van der Waals surface area contributed by atoms with Crippen LogP contribution in [0.5, 0.6) is 0 Å². The molecule has 0 aromatic rings. The smallest absolute Gasteiger partial charge is 0.242 e. The number of hydrogen-bond acceptors (Lipinski definition) is 30. The molecule has 17 N–H and O–H groups in total. The zero-order chi connectivity index (χ0) is 70.1. The maximum atomic E-state index is 13.7. The summed E-state index contributed by atoms with van der Waals surface area (Å²) < 4.78 is 72.7. The summed E-state index contributed by atoms with van der Waals surface area (Å²) in [5.74, 6) is -5.30. The molecule has 0 spiro atoms. The fourth-order valence-electron chi connectivity index (χ4n) is 9.20. The van der Waals surface area contributed by atoms with Crippen molar-refractivity contribution in [3.8, 4) is 0 Å². The van der Waals surface area contributed by atoms with E-state index in [-0.39, 0.29) is 125 Å². The van der Waals surface area contributed by atoms with Crippen molar-refractivity contribution >= 4 is 54.9 Å². The van der Waals surface area contributed by atoms with E-state index in [9.17, 15) is 93.8 Å². The molecule has 3 rings (SSSR count). The Labute approximate surface area is 543 Å². The van der Waals surface area contributed by atoms with E-state index < -0.39 is 190 Å². The molecule has 0 radical (unpaired) electrons. The summed E-state index contributed by atoms with van der Waals surface area (Å²) in [7, 11) is -4.24. The van der Waals surface area contributed by atoms with Crippen molar-refractivity contribution in [3.05, 3.63) is 0 Å². The molecule has 18 atom stereocenters. The van der Waals surface area contributed by atoms with Crippen LogP contribution in [0, 0.1) is 0 Å². The first-order chi connectivity index (χ1) is 44.5. The minimum Gasteiger partial charge on any atom is -0.778 e. The summed E-state index contributed by atoms with van der Waals surface area (Å²) >= 11 is 0. The van der Waals surface area contributed by atoms with E-state index in [0.717, 1.165) is 0 Å². The van der Waals surface area contributed by atoms with Gasteiger partial charge in [-0.2, -0.15) is 0 Å². The second-order valence-electron chi connectivity index (χ2n) is 22.9. The van der Waals surface area contributed by atoms with Gasteiger partial charge < -0.3 is 150 Å². The Balaban J connectivity index is 1.64. The third kappa shape index (κ3) is 29.5. The normalized spacial score (nSPS) is 27.6. The van der Waals surface area contributed by atoms with E-state index in [1.165, 1.54) is 41.5 Å². The molecule has 3 aliphatic rings. The van der Waals surface area contributed by atoms with Crippen LogP contribution in [0.1, 0.15) is 73.6 Å². The van der Waals surface area contributed by atoms with Crippen molar-refractivity contribution in [2.45, 2.75) is 183 Å². The maximum absolute atomic E-state index is 13.7. The number of rotatable bonds is 44. The lowest BCUT2D eigenvalue weighted by Crippen LogP contribution is -2.64. The molecule has 0 aromatic heterocycles. The van der Waals surface area contributed by atoms with Crippen LogP contribution < -0.4 is 47.4 Å². The van der Waals surface area contributed by atoms with Gasteiger partial charge in [0, 0.05) is 64.8 Å². The Kier molecular flexibility index (Phi) is 38.5. The Morgan fingerprint density at radius 2 is 0.766 bits per heavy atom. The van der Waals surface area contributed by atoms with Crippen molar-refractivity contribution in [3.63, 3.8) is 0 Å². The quantitative estimate of drug-likeness (QED) is 0.0199. The highest BCUT2D eigenvalue weighted by Gasteiger charge is 2.48. The average molecular weight is 1380 g/mol. The van der Waals surface area contributed by atoms with Crippen molar-refractivity contribution in [1.82, 2.24) is 42.5 Å². The summed E-state index contributed by atoms with van der Waals surface area (Å²) in [6, 6.07) is -6.35. The molecule has 3 heterocycles. The van der Waals surface area contributed by atoms with Gasteiger partial charge in [-0.05, 0) is 12.8 Å². The summed E-state index contributed by atoms with van der Waals surface area (Å²) in [4.78, 5) is 115. The second kappa shape index (κ2) is 43.4. The largest absolute Gasteiger partial charge is 0.778 e. The van der Waals surface area contributed by atoms with Gasteiger partial charge in [0.15, 0.2) is 18.9 Å². The lowest BCUT2D eigenvalue weighted by molar-refractivity contribution is -0.272. The molecule has 0 aliphatic carbocycles. The summed E-state index contributed by atoms with van der Waals surface area (Å²) in [5, 5.41) is 110. The molecule has 0 saturated carbocycles. The molecule has 38 nitrogen and oxygen atoms in total. The predicted molar refractivity (Wildman–Crippen MR) is 317 cm³/mol. The van der Waals surface area contributed by atoms with Crippen LogP contribution in [-0.4, -0.2) is 321 Å². The van der Waals surface area contributed by atoms with Crippen molar-refractivity contribution in [2.75, 3.05) is 119 Å². The molecule has 3 saturated heterocycles. The zero-order valence-electron chi connectivity index (χ0n) is 53.6. The molecular formula is C55H98N8O30P-. The zero-order valence-corrected chi connectivity index (χ0v) is 54.5. The Morgan fingerprint density at radius 1 is 0.447 bits per heavy atom. The van der Waals surface area contributed by atoms with Crippen molar-refractivity contribution in [1.29, 1.82) is 0 Å². The molecule has 18 unspecified atom stereocenters. The summed E-state index contributed by atoms with van der Waals surface area (Å²) in [6.07, 6.45) is -18.5. The van der Waals surface area contributed by atoms with Gasteiger partial charge in [0.2, 0.25) is 47.3 Å². The van der Waals surface area contributed by atoms with Crippen LogP contribution in [-0.2, 0) is 94.8 Å². The van der Waals surface area contributed by atoms with Crippen LogP contribution >= 0.6 is 7.60 Å². The van der Waals surface area contributed by atoms with E-state index in [0.29, 0.717) is 0 Å².